The van der Waals surface area contributed by atoms with Crippen LogP contribution < -0.4 is 61.0 Å². The van der Waals surface area contributed by atoms with Crippen molar-refractivity contribution in [1.29, 1.82) is 0 Å². The number of hydrogen-bond acceptors (Lipinski definition) is 12. The van der Waals surface area contributed by atoms with Gasteiger partial charge in [-0.3, -0.25) is 38.6 Å². The molecule has 0 aliphatic carbocycles. The van der Waals surface area contributed by atoms with Gasteiger partial charge in [0, 0.05) is 13.0 Å². The predicted molar refractivity (Wildman–Crippen MR) is 197 cm³/mol. The van der Waals surface area contributed by atoms with Crippen LogP contribution >= 0.6 is 0 Å². The molecule has 0 aromatic heterocycles. The van der Waals surface area contributed by atoms with Crippen LogP contribution in [0.25, 0.3) is 0 Å². The van der Waals surface area contributed by atoms with Crippen LogP contribution in [0.5, 0.6) is 0 Å². The molecule has 0 aromatic rings. The number of aliphatic carboxylic acids is 2. The lowest BCUT2D eigenvalue weighted by Crippen LogP contribution is -2.60. The number of nitrogens with two attached hydrogens (primary N) is 6. The molecular weight excluding hydrogens is 712 g/mol. The minimum atomic E-state index is -1.64. The van der Waals surface area contributed by atoms with Gasteiger partial charge in [0.15, 0.2) is 5.96 Å². The van der Waals surface area contributed by atoms with Crippen LogP contribution in [0.3, 0.4) is 0 Å². The molecule has 22 heteroatoms. The normalized spacial score (nSPS) is 14.3. The van der Waals surface area contributed by atoms with Gasteiger partial charge in [-0.05, 0) is 76.8 Å². The molecule has 0 fully saturated rings. The van der Waals surface area contributed by atoms with Crippen molar-refractivity contribution in [2.75, 3.05) is 19.6 Å². The summed E-state index contributed by atoms with van der Waals surface area (Å²) in [5.41, 5.74) is 32.8. The predicted octanol–water partition coefficient (Wildman–Crippen LogP) is -4.47. The summed E-state index contributed by atoms with van der Waals surface area (Å²) < 4.78 is 0. The van der Waals surface area contributed by atoms with E-state index in [2.05, 4.69) is 31.6 Å². The first-order valence-electron chi connectivity index (χ1n) is 17.8. The lowest BCUT2D eigenvalue weighted by atomic mass is 10.00. The van der Waals surface area contributed by atoms with Gasteiger partial charge in [-0.15, -0.1) is 0 Å². The lowest BCUT2D eigenvalue weighted by Gasteiger charge is -2.28. The Kier molecular flexibility index (Phi) is 24.1. The zero-order valence-electron chi connectivity index (χ0n) is 31.0. The average molecular weight is 773 g/mol. The van der Waals surface area contributed by atoms with Gasteiger partial charge in [0.05, 0.1) is 12.5 Å². The van der Waals surface area contributed by atoms with Crippen LogP contribution in [0.1, 0.15) is 84.5 Å². The summed E-state index contributed by atoms with van der Waals surface area (Å²) in [7, 11) is 0. The Labute approximate surface area is 314 Å². The number of hydrogen-bond donors (Lipinski definition) is 13. The van der Waals surface area contributed by atoms with Gasteiger partial charge in [-0.1, -0.05) is 13.8 Å². The fraction of sp³-hybridized carbons (Fsp3) is 0.719. The van der Waals surface area contributed by atoms with E-state index in [0.29, 0.717) is 38.6 Å². The van der Waals surface area contributed by atoms with E-state index in [1.807, 2.05) is 0 Å². The number of carbonyl (C=O) groups is 8. The first-order chi connectivity index (χ1) is 25.3. The fourth-order valence-electron chi connectivity index (χ4n) is 4.98. The second-order valence-electron chi connectivity index (χ2n) is 13.0. The smallest absolute Gasteiger partial charge is 0.326 e. The molecule has 0 heterocycles. The van der Waals surface area contributed by atoms with Gasteiger partial charge in [-0.25, -0.2) is 4.79 Å². The van der Waals surface area contributed by atoms with Crippen molar-refractivity contribution in [3.8, 4) is 0 Å². The number of nitrogens with one attached hydrogen (secondary N) is 5. The Morgan fingerprint density at radius 1 is 0.593 bits per heavy atom. The number of aliphatic imine (C=N–C) groups is 1. The van der Waals surface area contributed by atoms with E-state index >= 15 is 0 Å². The van der Waals surface area contributed by atoms with E-state index in [1.165, 1.54) is 0 Å². The van der Waals surface area contributed by atoms with Crippen LogP contribution in [0.2, 0.25) is 0 Å². The first-order valence-corrected chi connectivity index (χ1v) is 17.8. The largest absolute Gasteiger partial charge is 0.481 e. The Morgan fingerprint density at radius 2 is 1.07 bits per heavy atom. The van der Waals surface area contributed by atoms with Crippen molar-refractivity contribution >= 4 is 53.3 Å². The lowest BCUT2D eigenvalue weighted by molar-refractivity contribution is -0.143. The number of carbonyl (C=O) groups excluding carboxylic acids is 6. The van der Waals surface area contributed by atoms with Gasteiger partial charge >= 0.3 is 11.9 Å². The van der Waals surface area contributed by atoms with Gasteiger partial charge in [-0.2, -0.15) is 0 Å². The molecule has 6 atom stereocenters. The molecule has 0 aromatic carbocycles. The van der Waals surface area contributed by atoms with E-state index in [0.717, 1.165) is 0 Å². The van der Waals surface area contributed by atoms with Gasteiger partial charge in [0.25, 0.3) is 0 Å². The second-order valence-corrected chi connectivity index (χ2v) is 13.0. The van der Waals surface area contributed by atoms with Crippen molar-refractivity contribution in [3.63, 3.8) is 0 Å². The minimum Gasteiger partial charge on any atom is -0.481 e. The number of carboxylic acids is 2. The van der Waals surface area contributed by atoms with E-state index < -0.39 is 96.0 Å². The molecule has 6 amide bonds. The number of rotatable bonds is 29. The SMILES string of the molecule is CC(C)[C@H](NC(=O)[C@H](CCCCN)NC(=O)[C@H](CC(=O)O)NC(=O)[C@@H](N)CCCN=C(N)N)C(=O)N[C@@H](CCC(N)=O)C(=O)N[C@@H](CCCCN)C(=O)O. The maximum Gasteiger partial charge on any atom is 0.326 e. The highest BCUT2D eigenvalue weighted by molar-refractivity contribution is 5.97. The van der Waals surface area contributed by atoms with Crippen LogP contribution in [0, 0.1) is 5.92 Å². The molecule has 0 saturated carbocycles. The zero-order valence-corrected chi connectivity index (χ0v) is 31.0. The molecule has 0 radical (unpaired) electrons. The van der Waals surface area contributed by atoms with E-state index in [9.17, 15) is 48.6 Å². The van der Waals surface area contributed by atoms with Gasteiger partial charge in [0.2, 0.25) is 35.4 Å². The Bertz CT molecular complexity index is 1290. The van der Waals surface area contributed by atoms with Crippen LogP contribution in [0.4, 0.5) is 0 Å². The third-order valence-corrected chi connectivity index (χ3v) is 8.02. The van der Waals surface area contributed by atoms with Gasteiger partial charge in [0.1, 0.15) is 30.2 Å². The summed E-state index contributed by atoms with van der Waals surface area (Å²) in [6.07, 6.45) is 0.683. The van der Waals surface area contributed by atoms with E-state index in [1.54, 1.807) is 13.8 Å². The van der Waals surface area contributed by atoms with Crippen LogP contribution in [-0.4, -0.2) is 119 Å². The molecule has 19 N–H and O–H groups in total. The highest BCUT2D eigenvalue weighted by Crippen LogP contribution is 2.10. The van der Waals surface area contributed by atoms with Crippen LogP contribution in [0.15, 0.2) is 4.99 Å². The van der Waals surface area contributed by atoms with Gasteiger partial charge < -0.3 is 71.2 Å². The quantitative estimate of drug-likeness (QED) is 0.0194. The summed E-state index contributed by atoms with van der Waals surface area (Å²) in [6, 6.07) is -8.16. The Hall–Kier alpha value is -5.09. The van der Waals surface area contributed by atoms with Crippen LogP contribution in [-0.2, 0) is 38.4 Å². The summed E-state index contributed by atoms with van der Waals surface area (Å²) in [6.45, 7) is 3.92. The molecule has 0 unspecified atom stereocenters. The summed E-state index contributed by atoms with van der Waals surface area (Å²) >= 11 is 0. The highest BCUT2D eigenvalue weighted by Gasteiger charge is 2.34. The molecule has 0 saturated heterocycles. The number of primary amides is 1. The van der Waals surface area contributed by atoms with Crippen molar-refractivity contribution in [2.24, 2.45) is 45.3 Å². The van der Waals surface area contributed by atoms with Crippen molar-refractivity contribution in [3.05, 3.63) is 0 Å². The maximum absolute atomic E-state index is 13.6. The number of unbranched alkanes of at least 4 members (excludes halogenated alkanes) is 2. The highest BCUT2D eigenvalue weighted by atomic mass is 16.4. The topological polar surface area (TPSA) is 406 Å². The molecule has 54 heavy (non-hydrogen) atoms. The molecule has 0 bridgehead atoms. The third-order valence-electron chi connectivity index (χ3n) is 8.02. The molecule has 22 nitrogen and oxygen atoms in total. The van der Waals surface area contributed by atoms with E-state index in [-0.39, 0.29) is 51.2 Å². The number of nitrogens with zero attached hydrogens (tertiary/aromatic N) is 1. The third kappa shape index (κ3) is 20.8. The summed E-state index contributed by atoms with van der Waals surface area (Å²) in [4.78, 5) is 105. The molecule has 0 aliphatic heterocycles. The molecule has 0 spiro atoms. The number of guanidine groups is 1. The zero-order chi connectivity index (χ0) is 41.4. The number of amides is 6. The molecular formula is C32H60N12O10. The Morgan fingerprint density at radius 3 is 1.57 bits per heavy atom. The monoisotopic (exact) mass is 772 g/mol. The fourth-order valence-corrected chi connectivity index (χ4v) is 4.98. The first kappa shape index (κ1) is 48.9. The van der Waals surface area contributed by atoms with Crippen molar-refractivity contribution < 1.29 is 48.6 Å². The second kappa shape index (κ2) is 26.6. The summed E-state index contributed by atoms with van der Waals surface area (Å²) in [5, 5.41) is 31.2. The van der Waals surface area contributed by atoms with Crippen molar-refractivity contribution in [1.82, 2.24) is 26.6 Å². The molecule has 0 aliphatic rings. The molecule has 308 valence electrons. The number of carboxylic acid groups (broad SMARTS) is 2. The average Bonchev–Trinajstić information content (AvgIpc) is 3.08. The summed E-state index contributed by atoms with van der Waals surface area (Å²) in [5.74, 6) is -8.75. The Balaban J connectivity index is 6.09. The van der Waals surface area contributed by atoms with Crippen molar-refractivity contribution in [2.45, 2.75) is 121 Å². The minimum absolute atomic E-state index is 0.00360. The molecule has 0 rings (SSSR count). The maximum atomic E-state index is 13.6. The van der Waals surface area contributed by atoms with E-state index in [4.69, 9.17) is 34.4 Å². The standard InChI is InChI=1S/C32H60N12O10/c1-17(2)25(30(52)41-20(11-12-23(36)45)27(49)42-21(31(53)54)10-4-6-14-34)44-28(50)19(9-3-5-13-33)40-29(51)22(16-24(46)47)43-26(48)18(35)8-7-15-39-32(37)38/h17-22,25H,3-16,33-35H2,1-2H3,(H2,36,45)(H,40,51)(H,41,52)(H,42,49)(H,43,48)(H,44,50)(H,46,47)(H,53,54)(H4,37,38,39)/t18-,19-,20-,21-,22-,25-/m0/s1.